The fourth-order valence-corrected chi connectivity index (χ4v) is 1.50. The Bertz CT molecular complexity index is 468. The van der Waals surface area contributed by atoms with Gasteiger partial charge in [-0.05, 0) is 42.0 Å². The Balaban J connectivity index is 1.95. The molecule has 0 saturated heterocycles. The maximum atomic E-state index is 8.67. The Morgan fingerprint density at radius 1 is 1.00 bits per heavy atom. The van der Waals surface area contributed by atoms with Crippen molar-refractivity contribution in [1.29, 1.82) is 0 Å². The minimum Gasteiger partial charge on any atom is -0.489 e. The van der Waals surface area contributed by atoms with E-state index in [-0.39, 0.29) is 0 Å². The molecule has 2 rings (SSSR count). The minimum atomic E-state index is 0.480. The van der Waals surface area contributed by atoms with Gasteiger partial charge in [-0.1, -0.05) is 23.7 Å². The number of nitrogens with one attached hydrogen (secondary N) is 1. The van der Waals surface area contributed by atoms with Gasteiger partial charge in [0.25, 0.3) is 0 Å². The largest absolute Gasteiger partial charge is 0.489 e. The van der Waals surface area contributed by atoms with Crippen LogP contribution in [0.5, 0.6) is 5.75 Å². The summed E-state index contributed by atoms with van der Waals surface area (Å²) >= 11 is 5.78. The van der Waals surface area contributed by atoms with E-state index in [9.17, 15) is 0 Å². The Morgan fingerprint density at radius 3 is 2.24 bits per heavy atom. The van der Waals surface area contributed by atoms with Crippen LogP contribution in [0.25, 0.3) is 0 Å². The van der Waals surface area contributed by atoms with E-state index in [2.05, 4.69) is 5.48 Å². The van der Waals surface area contributed by atoms with Crippen LogP contribution < -0.4 is 10.2 Å². The highest BCUT2D eigenvalue weighted by Crippen LogP contribution is 2.17. The Kier molecular flexibility index (Phi) is 3.85. The molecule has 0 radical (unpaired) electrons. The first-order valence-corrected chi connectivity index (χ1v) is 5.53. The van der Waals surface area contributed by atoms with Crippen LogP contribution in [0.15, 0.2) is 48.5 Å². The molecule has 0 atom stereocenters. The average Bonchev–Trinajstić information content (AvgIpc) is 2.39. The molecule has 0 amide bonds. The monoisotopic (exact) mass is 249 g/mol. The summed E-state index contributed by atoms with van der Waals surface area (Å²) in [6.45, 7) is 0.480. The zero-order chi connectivity index (χ0) is 12.1. The van der Waals surface area contributed by atoms with Crippen LogP contribution in [0.2, 0.25) is 5.02 Å². The number of rotatable bonds is 4. The number of hydrogen-bond donors (Lipinski definition) is 2. The second-order valence-electron chi connectivity index (χ2n) is 3.55. The van der Waals surface area contributed by atoms with E-state index in [1.54, 1.807) is 24.3 Å². The zero-order valence-corrected chi connectivity index (χ0v) is 9.82. The molecule has 2 N–H and O–H groups in total. The number of hydrogen-bond acceptors (Lipinski definition) is 3. The molecule has 4 heteroatoms. The average molecular weight is 250 g/mol. The smallest absolute Gasteiger partial charge is 0.119 e. The highest BCUT2D eigenvalue weighted by Gasteiger charge is 1.96. The van der Waals surface area contributed by atoms with Gasteiger partial charge in [0.2, 0.25) is 0 Å². The van der Waals surface area contributed by atoms with Crippen LogP contribution in [0.1, 0.15) is 5.56 Å². The molecule has 0 aliphatic heterocycles. The van der Waals surface area contributed by atoms with E-state index in [0.29, 0.717) is 17.3 Å². The molecular weight excluding hydrogens is 238 g/mol. The summed E-state index contributed by atoms with van der Waals surface area (Å²) in [6.07, 6.45) is 0. The quantitative estimate of drug-likeness (QED) is 0.812. The zero-order valence-electron chi connectivity index (χ0n) is 9.06. The molecule has 0 spiro atoms. The van der Waals surface area contributed by atoms with Crippen molar-refractivity contribution in [2.24, 2.45) is 0 Å². The molecular formula is C13H12ClNO2. The van der Waals surface area contributed by atoms with E-state index in [4.69, 9.17) is 21.5 Å². The maximum Gasteiger partial charge on any atom is 0.119 e. The summed E-state index contributed by atoms with van der Waals surface area (Å²) < 4.78 is 5.58. The van der Waals surface area contributed by atoms with Crippen LogP contribution in [-0.2, 0) is 6.61 Å². The van der Waals surface area contributed by atoms with Crippen molar-refractivity contribution < 1.29 is 9.94 Å². The molecule has 0 aliphatic rings. The van der Waals surface area contributed by atoms with E-state index in [1.807, 2.05) is 24.3 Å². The summed E-state index contributed by atoms with van der Waals surface area (Å²) in [5, 5.41) is 9.36. The third kappa shape index (κ3) is 3.37. The van der Waals surface area contributed by atoms with Crippen LogP contribution >= 0.6 is 11.6 Å². The van der Waals surface area contributed by atoms with Gasteiger partial charge in [0.1, 0.15) is 12.4 Å². The van der Waals surface area contributed by atoms with E-state index < -0.39 is 0 Å². The predicted molar refractivity (Wildman–Crippen MR) is 67.6 cm³/mol. The third-order valence-corrected chi connectivity index (χ3v) is 2.55. The molecule has 0 unspecified atom stereocenters. The lowest BCUT2D eigenvalue weighted by molar-refractivity contribution is 0.306. The van der Waals surface area contributed by atoms with E-state index >= 15 is 0 Å². The van der Waals surface area contributed by atoms with Crippen LogP contribution in [0.3, 0.4) is 0 Å². The molecule has 2 aromatic carbocycles. The maximum absolute atomic E-state index is 8.67. The van der Waals surface area contributed by atoms with Gasteiger partial charge in [-0.15, -0.1) is 0 Å². The van der Waals surface area contributed by atoms with Gasteiger partial charge in [0, 0.05) is 5.02 Å². The molecule has 0 heterocycles. The number of ether oxygens (including phenoxy) is 1. The van der Waals surface area contributed by atoms with Crippen molar-refractivity contribution in [2.45, 2.75) is 6.61 Å². The fraction of sp³-hybridized carbons (Fsp3) is 0.0769. The lowest BCUT2D eigenvalue weighted by Gasteiger charge is -2.06. The lowest BCUT2D eigenvalue weighted by Crippen LogP contribution is -1.96. The van der Waals surface area contributed by atoms with Crippen molar-refractivity contribution in [3.8, 4) is 5.75 Å². The molecule has 17 heavy (non-hydrogen) atoms. The fourth-order valence-electron chi connectivity index (χ4n) is 1.37. The van der Waals surface area contributed by atoms with Crippen molar-refractivity contribution in [2.75, 3.05) is 5.48 Å². The van der Waals surface area contributed by atoms with Crippen LogP contribution in [0, 0.1) is 0 Å². The van der Waals surface area contributed by atoms with Gasteiger partial charge < -0.3 is 4.74 Å². The molecule has 0 bridgehead atoms. The third-order valence-electron chi connectivity index (χ3n) is 2.30. The second kappa shape index (κ2) is 5.57. The van der Waals surface area contributed by atoms with E-state index in [0.717, 1.165) is 11.3 Å². The summed E-state index contributed by atoms with van der Waals surface area (Å²) in [5.74, 6) is 0.777. The first-order valence-electron chi connectivity index (χ1n) is 5.15. The van der Waals surface area contributed by atoms with Crippen molar-refractivity contribution in [1.82, 2.24) is 0 Å². The minimum absolute atomic E-state index is 0.480. The second-order valence-corrected chi connectivity index (χ2v) is 3.99. The number of halogens is 1. The first-order chi connectivity index (χ1) is 8.28. The molecule has 3 nitrogen and oxygen atoms in total. The van der Waals surface area contributed by atoms with Crippen molar-refractivity contribution in [3.05, 3.63) is 59.1 Å². The molecule has 88 valence electrons. The molecule has 0 fully saturated rings. The lowest BCUT2D eigenvalue weighted by atomic mass is 10.2. The number of benzene rings is 2. The summed E-state index contributed by atoms with van der Waals surface area (Å²) in [4.78, 5) is 0. The van der Waals surface area contributed by atoms with Gasteiger partial charge in [-0.25, -0.2) is 0 Å². The summed E-state index contributed by atoms with van der Waals surface area (Å²) in [5.41, 5.74) is 3.76. The molecule has 2 aromatic rings. The van der Waals surface area contributed by atoms with E-state index in [1.165, 1.54) is 0 Å². The molecule has 0 aromatic heterocycles. The summed E-state index contributed by atoms with van der Waals surface area (Å²) in [7, 11) is 0. The van der Waals surface area contributed by atoms with Crippen molar-refractivity contribution >= 4 is 17.3 Å². The Morgan fingerprint density at radius 2 is 1.65 bits per heavy atom. The standard InChI is InChI=1S/C13H12ClNO2/c14-11-3-7-13(8-4-11)17-9-10-1-5-12(15-16)6-2-10/h1-8,15-16H,9H2. The Labute approximate surface area is 105 Å². The normalized spacial score (nSPS) is 10.0. The van der Waals surface area contributed by atoms with Crippen molar-refractivity contribution in [3.63, 3.8) is 0 Å². The molecule has 0 saturated carbocycles. The Hall–Kier alpha value is -1.71. The van der Waals surface area contributed by atoms with Gasteiger partial charge in [0.05, 0.1) is 5.69 Å². The van der Waals surface area contributed by atoms with Crippen LogP contribution in [0.4, 0.5) is 5.69 Å². The van der Waals surface area contributed by atoms with Gasteiger partial charge in [-0.3, -0.25) is 10.7 Å². The first kappa shape index (κ1) is 11.8. The van der Waals surface area contributed by atoms with Gasteiger partial charge >= 0.3 is 0 Å². The van der Waals surface area contributed by atoms with Crippen LogP contribution in [-0.4, -0.2) is 5.21 Å². The van der Waals surface area contributed by atoms with Gasteiger partial charge in [-0.2, -0.15) is 0 Å². The topological polar surface area (TPSA) is 41.5 Å². The highest BCUT2D eigenvalue weighted by molar-refractivity contribution is 6.30. The highest BCUT2D eigenvalue weighted by atomic mass is 35.5. The van der Waals surface area contributed by atoms with Gasteiger partial charge in [0.15, 0.2) is 0 Å². The number of anilines is 1. The summed E-state index contributed by atoms with van der Waals surface area (Å²) in [6, 6.07) is 14.5. The predicted octanol–water partition coefficient (Wildman–Crippen LogP) is 3.72. The molecule has 0 aliphatic carbocycles. The SMILES string of the molecule is ONc1ccc(COc2ccc(Cl)cc2)cc1.